The first-order valence-corrected chi connectivity index (χ1v) is 6.65. The van der Waals surface area contributed by atoms with Crippen LogP contribution in [0.2, 0.25) is 0 Å². The van der Waals surface area contributed by atoms with Crippen LogP contribution in [0.5, 0.6) is 5.75 Å². The van der Waals surface area contributed by atoms with Crippen molar-refractivity contribution in [2.45, 2.75) is 26.2 Å². The first-order chi connectivity index (χ1) is 7.68. The van der Waals surface area contributed by atoms with Gasteiger partial charge < -0.3 is 10.4 Å². The lowest BCUT2D eigenvalue weighted by Crippen LogP contribution is -2.30. The molecule has 1 aromatic rings. The van der Waals surface area contributed by atoms with Crippen LogP contribution in [-0.2, 0) is 6.42 Å². The van der Waals surface area contributed by atoms with Gasteiger partial charge in [0.15, 0.2) is 0 Å². The highest BCUT2D eigenvalue weighted by Gasteiger charge is 2.16. The monoisotopic (exact) mass is 283 g/mol. The van der Waals surface area contributed by atoms with Crippen molar-refractivity contribution in [2.24, 2.45) is 5.92 Å². The molecule has 0 amide bonds. The lowest BCUT2D eigenvalue weighted by molar-refractivity contribution is 0.369. The predicted molar refractivity (Wildman–Crippen MR) is 69.8 cm³/mol. The number of aryl methyl sites for hydroxylation is 1. The molecule has 1 fully saturated rings. The van der Waals surface area contributed by atoms with Gasteiger partial charge in [-0.15, -0.1) is 0 Å². The molecule has 1 atom stereocenters. The van der Waals surface area contributed by atoms with Gasteiger partial charge in [0.1, 0.15) is 5.75 Å². The van der Waals surface area contributed by atoms with Crippen molar-refractivity contribution in [1.29, 1.82) is 0 Å². The second-order valence-electron chi connectivity index (χ2n) is 4.62. The van der Waals surface area contributed by atoms with E-state index in [1.54, 1.807) is 0 Å². The first-order valence-electron chi connectivity index (χ1n) is 5.86. The minimum Gasteiger partial charge on any atom is -0.506 e. The Hall–Kier alpha value is -0.540. The molecule has 1 aliphatic heterocycles. The minimum atomic E-state index is 0.422. The van der Waals surface area contributed by atoms with Crippen LogP contribution >= 0.6 is 15.9 Å². The van der Waals surface area contributed by atoms with Crippen molar-refractivity contribution < 1.29 is 5.11 Å². The summed E-state index contributed by atoms with van der Waals surface area (Å²) < 4.78 is 0.841. The third-order valence-electron chi connectivity index (χ3n) is 3.30. The third-order valence-corrected chi connectivity index (χ3v) is 4.30. The van der Waals surface area contributed by atoms with E-state index in [1.807, 2.05) is 13.0 Å². The molecule has 1 unspecified atom stereocenters. The van der Waals surface area contributed by atoms with Gasteiger partial charge in [-0.2, -0.15) is 0 Å². The number of phenols is 1. The first kappa shape index (κ1) is 11.9. The van der Waals surface area contributed by atoms with Crippen molar-refractivity contribution >= 4 is 15.9 Å². The van der Waals surface area contributed by atoms with Crippen molar-refractivity contribution in [2.75, 3.05) is 13.1 Å². The predicted octanol–water partition coefficient (Wildman–Crippen LogP) is 3.01. The Morgan fingerprint density at radius 1 is 1.50 bits per heavy atom. The summed E-state index contributed by atoms with van der Waals surface area (Å²) in [6.07, 6.45) is 3.48. The zero-order valence-electron chi connectivity index (χ0n) is 9.59. The average molecular weight is 284 g/mol. The quantitative estimate of drug-likeness (QED) is 0.875. The van der Waals surface area contributed by atoms with Crippen LogP contribution in [0.15, 0.2) is 16.6 Å². The smallest absolute Gasteiger partial charge is 0.133 e. The lowest BCUT2D eigenvalue weighted by Gasteiger charge is -2.23. The molecule has 0 spiro atoms. The standard InChI is InChI=1S/C13H18BrNO/c1-9-4-5-11(13(16)12(9)14)7-10-3-2-6-15-8-10/h4-5,10,15-16H,2-3,6-8H2,1H3. The minimum absolute atomic E-state index is 0.422. The Balaban J connectivity index is 2.11. The second kappa shape index (κ2) is 5.19. The summed E-state index contributed by atoms with van der Waals surface area (Å²) in [7, 11) is 0. The van der Waals surface area contributed by atoms with Gasteiger partial charge in [-0.05, 0) is 72.3 Å². The molecule has 16 heavy (non-hydrogen) atoms. The maximum atomic E-state index is 10.0. The van der Waals surface area contributed by atoms with Crippen LogP contribution in [0.25, 0.3) is 0 Å². The van der Waals surface area contributed by atoms with Gasteiger partial charge in [-0.3, -0.25) is 0 Å². The molecule has 88 valence electrons. The fourth-order valence-corrected chi connectivity index (χ4v) is 2.67. The van der Waals surface area contributed by atoms with Gasteiger partial charge in [0, 0.05) is 0 Å². The Bertz CT molecular complexity index is 372. The molecule has 1 aromatic carbocycles. The highest BCUT2D eigenvalue weighted by atomic mass is 79.9. The summed E-state index contributed by atoms with van der Waals surface area (Å²) in [6, 6.07) is 4.11. The number of hydrogen-bond acceptors (Lipinski definition) is 2. The van der Waals surface area contributed by atoms with E-state index in [4.69, 9.17) is 0 Å². The number of rotatable bonds is 2. The molecule has 0 aromatic heterocycles. The largest absolute Gasteiger partial charge is 0.506 e. The summed E-state index contributed by atoms with van der Waals surface area (Å²) in [5.41, 5.74) is 2.15. The lowest BCUT2D eigenvalue weighted by atomic mass is 9.91. The van der Waals surface area contributed by atoms with E-state index in [9.17, 15) is 5.11 Å². The van der Waals surface area contributed by atoms with Gasteiger partial charge in [0.05, 0.1) is 4.47 Å². The second-order valence-corrected chi connectivity index (χ2v) is 5.41. The van der Waals surface area contributed by atoms with E-state index >= 15 is 0 Å². The molecule has 0 saturated carbocycles. The molecular formula is C13H18BrNO. The Morgan fingerprint density at radius 2 is 2.31 bits per heavy atom. The molecule has 0 bridgehead atoms. The number of benzene rings is 1. The van der Waals surface area contributed by atoms with Crippen molar-refractivity contribution in [3.8, 4) is 5.75 Å². The average Bonchev–Trinajstić information content (AvgIpc) is 2.31. The number of phenolic OH excluding ortho intramolecular Hbond substituents is 1. The molecule has 1 saturated heterocycles. The molecule has 1 aliphatic rings. The van der Waals surface area contributed by atoms with Crippen LogP contribution in [0.1, 0.15) is 24.0 Å². The molecule has 0 aliphatic carbocycles. The van der Waals surface area contributed by atoms with Crippen LogP contribution in [0.3, 0.4) is 0 Å². The van der Waals surface area contributed by atoms with Crippen LogP contribution in [0, 0.1) is 12.8 Å². The van der Waals surface area contributed by atoms with E-state index in [2.05, 4.69) is 27.3 Å². The van der Waals surface area contributed by atoms with E-state index in [0.29, 0.717) is 11.7 Å². The summed E-state index contributed by atoms with van der Waals surface area (Å²) in [6.45, 7) is 4.21. The fraction of sp³-hybridized carbons (Fsp3) is 0.538. The number of halogens is 1. The van der Waals surface area contributed by atoms with Crippen molar-refractivity contribution in [3.05, 3.63) is 27.7 Å². The van der Waals surface area contributed by atoms with Gasteiger partial charge >= 0.3 is 0 Å². The fourth-order valence-electron chi connectivity index (χ4n) is 2.28. The highest BCUT2D eigenvalue weighted by Crippen LogP contribution is 2.33. The maximum absolute atomic E-state index is 10.0. The maximum Gasteiger partial charge on any atom is 0.133 e. The number of piperidine rings is 1. The molecular weight excluding hydrogens is 266 g/mol. The van der Waals surface area contributed by atoms with E-state index in [0.717, 1.165) is 35.1 Å². The van der Waals surface area contributed by atoms with Crippen LogP contribution in [-0.4, -0.2) is 18.2 Å². The number of nitrogens with one attached hydrogen (secondary N) is 1. The summed E-state index contributed by atoms with van der Waals surface area (Å²) in [5.74, 6) is 1.08. The topological polar surface area (TPSA) is 32.3 Å². The molecule has 2 N–H and O–H groups in total. The van der Waals surface area contributed by atoms with Crippen LogP contribution < -0.4 is 5.32 Å². The summed E-state index contributed by atoms with van der Waals surface area (Å²) >= 11 is 3.43. The van der Waals surface area contributed by atoms with Gasteiger partial charge in [0.2, 0.25) is 0 Å². The van der Waals surface area contributed by atoms with Crippen molar-refractivity contribution in [1.82, 2.24) is 5.32 Å². The van der Waals surface area contributed by atoms with E-state index < -0.39 is 0 Å². The van der Waals surface area contributed by atoms with Crippen LogP contribution in [0.4, 0.5) is 0 Å². The molecule has 2 nitrogen and oxygen atoms in total. The Kier molecular flexibility index (Phi) is 3.87. The zero-order chi connectivity index (χ0) is 11.5. The Morgan fingerprint density at radius 3 is 3.00 bits per heavy atom. The van der Waals surface area contributed by atoms with Gasteiger partial charge in [-0.1, -0.05) is 12.1 Å². The Labute approximate surface area is 105 Å². The van der Waals surface area contributed by atoms with Crippen molar-refractivity contribution in [3.63, 3.8) is 0 Å². The normalized spacial score (nSPS) is 21.0. The zero-order valence-corrected chi connectivity index (χ0v) is 11.2. The molecule has 1 heterocycles. The molecule has 0 radical (unpaired) electrons. The summed E-state index contributed by atoms with van der Waals surface area (Å²) in [4.78, 5) is 0. The van der Waals surface area contributed by atoms with Gasteiger partial charge in [-0.25, -0.2) is 0 Å². The SMILES string of the molecule is Cc1ccc(CC2CCCNC2)c(O)c1Br. The van der Waals surface area contributed by atoms with Gasteiger partial charge in [0.25, 0.3) is 0 Å². The molecule has 3 heteroatoms. The molecule has 2 rings (SSSR count). The third kappa shape index (κ3) is 2.58. The highest BCUT2D eigenvalue weighted by molar-refractivity contribution is 9.10. The summed E-state index contributed by atoms with van der Waals surface area (Å²) in [5, 5.41) is 13.4. The van der Waals surface area contributed by atoms with E-state index in [1.165, 1.54) is 12.8 Å². The number of hydrogen-bond donors (Lipinski definition) is 2. The van der Waals surface area contributed by atoms with E-state index in [-0.39, 0.29) is 0 Å². The number of aromatic hydroxyl groups is 1.